The first-order valence-corrected chi connectivity index (χ1v) is 6.55. The van der Waals surface area contributed by atoms with Crippen LogP contribution in [0.3, 0.4) is 0 Å². The molecule has 1 amide bonds. The topological polar surface area (TPSA) is 57.6 Å². The van der Waals surface area contributed by atoms with Crippen molar-refractivity contribution < 1.29 is 14.7 Å². The predicted molar refractivity (Wildman–Crippen MR) is 65.7 cm³/mol. The molecule has 0 spiro atoms. The Hall–Kier alpha value is -1.06. The molecular formula is C13H23NO3. The predicted octanol–water partition coefficient (Wildman–Crippen LogP) is 2.28. The van der Waals surface area contributed by atoms with Crippen LogP contribution < -0.4 is 0 Å². The van der Waals surface area contributed by atoms with Crippen LogP contribution in [-0.4, -0.2) is 35.5 Å². The van der Waals surface area contributed by atoms with E-state index in [1.54, 1.807) is 0 Å². The molecule has 0 bridgehead atoms. The minimum atomic E-state index is -0.781. The second-order valence-corrected chi connectivity index (χ2v) is 5.03. The van der Waals surface area contributed by atoms with Crippen LogP contribution in [0, 0.1) is 5.92 Å². The highest BCUT2D eigenvalue weighted by atomic mass is 16.4. The van der Waals surface area contributed by atoms with Gasteiger partial charge < -0.3 is 10.0 Å². The fourth-order valence-electron chi connectivity index (χ4n) is 2.43. The van der Waals surface area contributed by atoms with Gasteiger partial charge in [0.1, 0.15) is 0 Å². The van der Waals surface area contributed by atoms with E-state index < -0.39 is 5.97 Å². The van der Waals surface area contributed by atoms with Gasteiger partial charge in [0.25, 0.3) is 0 Å². The number of carbonyl (C=O) groups excluding carboxylic acids is 1. The molecule has 4 heteroatoms. The number of carbonyl (C=O) groups is 2. The van der Waals surface area contributed by atoms with E-state index in [0.717, 1.165) is 6.54 Å². The smallest absolute Gasteiger partial charge is 0.303 e. The van der Waals surface area contributed by atoms with Crippen LogP contribution >= 0.6 is 0 Å². The van der Waals surface area contributed by atoms with Crippen molar-refractivity contribution in [2.24, 2.45) is 5.92 Å². The zero-order valence-corrected chi connectivity index (χ0v) is 10.7. The fourth-order valence-corrected chi connectivity index (χ4v) is 2.43. The SMILES string of the molecule is CN(CC1CCCC1)C(=O)CCCCC(=O)O. The van der Waals surface area contributed by atoms with E-state index in [1.165, 1.54) is 25.7 Å². The lowest BCUT2D eigenvalue weighted by atomic mass is 10.1. The van der Waals surface area contributed by atoms with Gasteiger partial charge >= 0.3 is 5.97 Å². The Kier molecular flexibility index (Phi) is 6.01. The molecule has 1 aliphatic carbocycles. The molecule has 1 saturated carbocycles. The van der Waals surface area contributed by atoms with Crippen LogP contribution in [0.5, 0.6) is 0 Å². The third-order valence-electron chi connectivity index (χ3n) is 3.46. The Morgan fingerprint density at radius 3 is 2.35 bits per heavy atom. The Morgan fingerprint density at radius 1 is 1.18 bits per heavy atom. The molecule has 17 heavy (non-hydrogen) atoms. The average molecular weight is 241 g/mol. The lowest BCUT2D eigenvalue weighted by Crippen LogP contribution is -2.30. The number of nitrogens with zero attached hydrogens (tertiary/aromatic N) is 1. The molecule has 0 radical (unpaired) electrons. The van der Waals surface area contributed by atoms with E-state index >= 15 is 0 Å². The van der Waals surface area contributed by atoms with E-state index in [2.05, 4.69) is 0 Å². The van der Waals surface area contributed by atoms with Crippen molar-refractivity contribution in [3.05, 3.63) is 0 Å². The summed E-state index contributed by atoms with van der Waals surface area (Å²) in [7, 11) is 1.86. The number of hydrogen-bond donors (Lipinski definition) is 1. The van der Waals surface area contributed by atoms with Gasteiger partial charge in [-0.2, -0.15) is 0 Å². The largest absolute Gasteiger partial charge is 0.481 e. The minimum absolute atomic E-state index is 0.155. The van der Waals surface area contributed by atoms with Crippen molar-refractivity contribution >= 4 is 11.9 Å². The zero-order valence-electron chi connectivity index (χ0n) is 10.7. The van der Waals surface area contributed by atoms with Crippen molar-refractivity contribution in [3.8, 4) is 0 Å². The molecule has 0 unspecified atom stereocenters. The minimum Gasteiger partial charge on any atom is -0.481 e. The van der Waals surface area contributed by atoms with E-state index in [-0.39, 0.29) is 12.3 Å². The highest BCUT2D eigenvalue weighted by Gasteiger charge is 2.19. The highest BCUT2D eigenvalue weighted by molar-refractivity contribution is 5.75. The van der Waals surface area contributed by atoms with Crippen LogP contribution in [0.15, 0.2) is 0 Å². The van der Waals surface area contributed by atoms with Gasteiger partial charge in [0.2, 0.25) is 5.91 Å². The van der Waals surface area contributed by atoms with Gasteiger partial charge in [-0.25, -0.2) is 0 Å². The number of hydrogen-bond acceptors (Lipinski definition) is 2. The van der Waals surface area contributed by atoms with Crippen LogP contribution in [0.4, 0.5) is 0 Å². The normalized spacial score (nSPS) is 16.1. The first-order chi connectivity index (χ1) is 8.09. The number of amides is 1. The van der Waals surface area contributed by atoms with Crippen LogP contribution in [-0.2, 0) is 9.59 Å². The molecule has 0 aromatic heterocycles. The highest BCUT2D eigenvalue weighted by Crippen LogP contribution is 2.25. The molecule has 1 aliphatic rings. The second-order valence-electron chi connectivity index (χ2n) is 5.03. The lowest BCUT2D eigenvalue weighted by molar-refractivity contribution is -0.137. The number of carboxylic acid groups (broad SMARTS) is 1. The molecule has 0 saturated heterocycles. The lowest BCUT2D eigenvalue weighted by Gasteiger charge is -2.21. The molecule has 1 N–H and O–H groups in total. The molecule has 1 fully saturated rings. The van der Waals surface area contributed by atoms with Gasteiger partial charge in [-0.1, -0.05) is 12.8 Å². The van der Waals surface area contributed by atoms with Gasteiger partial charge in [0, 0.05) is 26.4 Å². The number of unbranched alkanes of at least 4 members (excludes halogenated alkanes) is 1. The maximum Gasteiger partial charge on any atom is 0.303 e. The molecule has 0 aromatic carbocycles. The summed E-state index contributed by atoms with van der Waals surface area (Å²) in [5, 5.41) is 8.48. The van der Waals surface area contributed by atoms with Crippen molar-refractivity contribution in [2.75, 3.05) is 13.6 Å². The molecule has 0 heterocycles. The third kappa shape index (κ3) is 5.71. The van der Waals surface area contributed by atoms with E-state index in [4.69, 9.17) is 5.11 Å². The van der Waals surface area contributed by atoms with Gasteiger partial charge in [-0.15, -0.1) is 0 Å². The zero-order chi connectivity index (χ0) is 12.7. The second kappa shape index (κ2) is 7.30. The molecule has 4 nitrogen and oxygen atoms in total. The standard InChI is InChI=1S/C13H23NO3/c1-14(10-11-6-2-3-7-11)12(15)8-4-5-9-13(16)17/h11H,2-10H2,1H3,(H,16,17). The summed E-state index contributed by atoms with van der Waals surface area (Å²) in [6.45, 7) is 0.873. The molecular weight excluding hydrogens is 218 g/mol. The summed E-state index contributed by atoms with van der Waals surface area (Å²) in [5.74, 6) is 0.0574. The van der Waals surface area contributed by atoms with Crippen molar-refractivity contribution in [1.29, 1.82) is 0 Å². The Labute approximate surface area is 103 Å². The van der Waals surface area contributed by atoms with Crippen LogP contribution in [0.2, 0.25) is 0 Å². The molecule has 0 aromatic rings. The Balaban J connectivity index is 2.11. The number of aliphatic carboxylic acids is 1. The van der Waals surface area contributed by atoms with Gasteiger partial charge in [0.15, 0.2) is 0 Å². The summed E-state index contributed by atoms with van der Waals surface area (Å²) in [5.41, 5.74) is 0. The maximum absolute atomic E-state index is 11.8. The van der Waals surface area contributed by atoms with E-state index in [1.807, 2.05) is 11.9 Å². The Bertz CT molecular complexity index is 259. The number of carboxylic acids is 1. The first kappa shape index (κ1) is 14.0. The Morgan fingerprint density at radius 2 is 1.76 bits per heavy atom. The van der Waals surface area contributed by atoms with Gasteiger partial charge in [-0.05, 0) is 31.6 Å². The third-order valence-corrected chi connectivity index (χ3v) is 3.46. The summed E-state index contributed by atoms with van der Waals surface area (Å²) >= 11 is 0. The summed E-state index contributed by atoms with van der Waals surface area (Å²) < 4.78 is 0. The molecule has 0 atom stereocenters. The molecule has 98 valence electrons. The molecule has 0 aliphatic heterocycles. The van der Waals surface area contributed by atoms with Crippen LogP contribution in [0.1, 0.15) is 51.4 Å². The number of rotatable bonds is 7. The first-order valence-electron chi connectivity index (χ1n) is 6.55. The fraction of sp³-hybridized carbons (Fsp3) is 0.846. The van der Waals surface area contributed by atoms with E-state index in [9.17, 15) is 9.59 Å². The van der Waals surface area contributed by atoms with Crippen molar-refractivity contribution in [3.63, 3.8) is 0 Å². The maximum atomic E-state index is 11.8. The summed E-state index contributed by atoms with van der Waals surface area (Å²) in [4.78, 5) is 23.9. The van der Waals surface area contributed by atoms with Crippen molar-refractivity contribution in [2.45, 2.75) is 51.4 Å². The molecule has 1 rings (SSSR count). The van der Waals surface area contributed by atoms with Crippen molar-refractivity contribution in [1.82, 2.24) is 4.90 Å². The van der Waals surface area contributed by atoms with Crippen LogP contribution in [0.25, 0.3) is 0 Å². The van der Waals surface area contributed by atoms with E-state index in [0.29, 0.717) is 25.2 Å². The quantitative estimate of drug-likeness (QED) is 0.696. The van der Waals surface area contributed by atoms with Gasteiger partial charge in [-0.3, -0.25) is 9.59 Å². The summed E-state index contributed by atoms with van der Waals surface area (Å²) in [6, 6.07) is 0. The average Bonchev–Trinajstić information content (AvgIpc) is 2.76. The summed E-state index contributed by atoms with van der Waals surface area (Å²) in [6.07, 6.45) is 7.01. The monoisotopic (exact) mass is 241 g/mol. The van der Waals surface area contributed by atoms with Gasteiger partial charge in [0.05, 0.1) is 0 Å².